The van der Waals surface area contributed by atoms with Crippen LogP contribution in [0.3, 0.4) is 0 Å². The van der Waals surface area contributed by atoms with Crippen LogP contribution in [0.1, 0.15) is 11.1 Å². The van der Waals surface area contributed by atoms with Crippen LogP contribution in [0, 0.1) is 0 Å². The Morgan fingerprint density at radius 1 is 0.438 bits per heavy atom. The summed E-state index contributed by atoms with van der Waals surface area (Å²) in [7, 11) is 0. The molecule has 32 heavy (non-hydrogen) atoms. The molecule has 0 spiro atoms. The molecule has 2 nitrogen and oxygen atoms in total. The van der Waals surface area contributed by atoms with E-state index in [4.69, 9.17) is 8.83 Å². The molecule has 0 aliphatic carbocycles. The largest absolute Gasteiger partial charge is 0.455 e. The van der Waals surface area contributed by atoms with E-state index >= 15 is 0 Å². The Kier molecular flexibility index (Phi) is 3.55. The Hall–Kier alpha value is -3.68. The Morgan fingerprint density at radius 2 is 0.750 bits per heavy atom. The minimum absolute atomic E-state index is 0.0989. The van der Waals surface area contributed by atoms with Crippen LogP contribution >= 0.6 is 0 Å². The van der Waals surface area contributed by atoms with Crippen LogP contribution in [0.25, 0.3) is 54.6 Å². The van der Waals surface area contributed by atoms with E-state index in [1.54, 1.807) is 24.3 Å². The molecule has 2 aromatic heterocycles. The lowest BCUT2D eigenvalue weighted by atomic mass is 10.0. The number of rotatable bonds is 0. The summed E-state index contributed by atoms with van der Waals surface area (Å²) < 4.78 is 90.1. The van der Waals surface area contributed by atoms with Gasteiger partial charge in [-0.2, -0.15) is 26.3 Å². The normalized spacial score (nSPS) is 13.3. The Balaban J connectivity index is 1.65. The molecule has 0 saturated carbocycles. The number of hydrogen-bond donors (Lipinski definition) is 0. The van der Waals surface area contributed by atoms with Crippen molar-refractivity contribution in [3.05, 3.63) is 71.8 Å². The van der Waals surface area contributed by atoms with Crippen molar-refractivity contribution in [1.29, 1.82) is 0 Å². The SMILES string of the molecule is FC(F)(F)c1ccc2c(c1)oc1c2ccc2c1ccc1c3ccc(C(F)(F)F)cc3oc12. The predicted octanol–water partition coefficient (Wildman–Crippen LogP) is 8.68. The summed E-state index contributed by atoms with van der Waals surface area (Å²) in [5, 5.41) is 3.53. The van der Waals surface area contributed by atoms with Gasteiger partial charge >= 0.3 is 12.4 Å². The zero-order chi connectivity index (χ0) is 22.4. The van der Waals surface area contributed by atoms with E-state index in [0.717, 1.165) is 24.3 Å². The fourth-order valence-electron chi connectivity index (χ4n) is 4.23. The Bertz CT molecular complexity index is 1570. The van der Waals surface area contributed by atoms with Crippen LogP contribution in [0.2, 0.25) is 0 Å². The van der Waals surface area contributed by atoms with E-state index in [1.807, 2.05) is 0 Å². The molecule has 0 atom stereocenters. The standard InChI is InChI=1S/C24H10F6O2/c25-23(26,27)11-1-3-13-15-5-7-18-17(21(15)31-19(13)9-11)8-6-16-14-4-2-12(24(28,29)30)10-20(14)32-22(16)18/h1-10H. The molecular weight excluding hydrogens is 434 g/mol. The molecule has 0 radical (unpaired) electrons. The van der Waals surface area contributed by atoms with Crippen molar-refractivity contribution in [1.82, 2.24) is 0 Å². The number of alkyl halides is 6. The van der Waals surface area contributed by atoms with Gasteiger partial charge in [-0.15, -0.1) is 0 Å². The summed E-state index contributed by atoms with van der Waals surface area (Å²) in [4.78, 5) is 0. The van der Waals surface area contributed by atoms with E-state index in [-0.39, 0.29) is 11.2 Å². The molecule has 0 bridgehead atoms. The Labute approximate surface area is 174 Å². The van der Waals surface area contributed by atoms with Crippen molar-refractivity contribution < 1.29 is 35.2 Å². The number of halogens is 6. The van der Waals surface area contributed by atoms with Gasteiger partial charge in [0.25, 0.3) is 0 Å². The lowest BCUT2D eigenvalue weighted by Gasteiger charge is -2.05. The number of benzene rings is 4. The number of fused-ring (bicyclic) bond motifs is 9. The molecule has 0 aliphatic rings. The summed E-state index contributed by atoms with van der Waals surface area (Å²) in [6, 6.07) is 13.6. The highest BCUT2D eigenvalue weighted by atomic mass is 19.4. The first-order valence-electron chi connectivity index (χ1n) is 9.50. The van der Waals surface area contributed by atoms with Crippen LogP contribution in [-0.4, -0.2) is 0 Å². The molecule has 6 aromatic rings. The molecule has 0 fully saturated rings. The van der Waals surface area contributed by atoms with E-state index in [1.165, 1.54) is 12.1 Å². The second kappa shape index (κ2) is 5.97. The molecule has 0 N–H and O–H groups in total. The van der Waals surface area contributed by atoms with Crippen LogP contribution < -0.4 is 0 Å². The third-order valence-corrected chi connectivity index (χ3v) is 5.72. The molecule has 0 amide bonds. The smallest absolute Gasteiger partial charge is 0.416 e. The van der Waals surface area contributed by atoms with Crippen LogP contribution in [0.4, 0.5) is 26.3 Å². The van der Waals surface area contributed by atoms with Gasteiger partial charge in [0.15, 0.2) is 0 Å². The van der Waals surface area contributed by atoms with Gasteiger partial charge in [-0.05, 0) is 60.7 Å². The van der Waals surface area contributed by atoms with Crippen LogP contribution in [-0.2, 0) is 12.4 Å². The van der Waals surface area contributed by atoms with Crippen LogP contribution in [0.5, 0.6) is 0 Å². The molecule has 160 valence electrons. The van der Waals surface area contributed by atoms with Gasteiger partial charge in [0.05, 0.1) is 11.1 Å². The van der Waals surface area contributed by atoms with E-state index in [0.29, 0.717) is 43.5 Å². The van der Waals surface area contributed by atoms with E-state index in [2.05, 4.69) is 0 Å². The van der Waals surface area contributed by atoms with Crippen molar-refractivity contribution >= 4 is 54.6 Å². The highest BCUT2D eigenvalue weighted by Gasteiger charge is 2.32. The van der Waals surface area contributed by atoms with Gasteiger partial charge in [0.2, 0.25) is 0 Å². The van der Waals surface area contributed by atoms with Crippen LogP contribution in [0.15, 0.2) is 69.5 Å². The number of hydrogen-bond acceptors (Lipinski definition) is 2. The average Bonchev–Trinajstić information content (AvgIpc) is 3.29. The highest BCUT2D eigenvalue weighted by Crippen LogP contribution is 2.42. The number of furan rings is 2. The van der Waals surface area contributed by atoms with Gasteiger partial charge < -0.3 is 8.83 Å². The van der Waals surface area contributed by atoms with Gasteiger partial charge in [0.1, 0.15) is 22.3 Å². The maximum Gasteiger partial charge on any atom is 0.416 e. The minimum atomic E-state index is -4.50. The first-order chi connectivity index (χ1) is 15.1. The molecule has 0 saturated heterocycles. The average molecular weight is 444 g/mol. The van der Waals surface area contributed by atoms with Gasteiger partial charge in [0, 0.05) is 32.3 Å². The summed E-state index contributed by atoms with van der Waals surface area (Å²) in [5.41, 5.74) is -0.656. The molecule has 6 rings (SSSR count). The molecular formula is C24H10F6O2. The maximum absolute atomic E-state index is 13.1. The van der Waals surface area contributed by atoms with Crippen molar-refractivity contribution in [2.75, 3.05) is 0 Å². The lowest BCUT2D eigenvalue weighted by molar-refractivity contribution is -0.138. The molecule has 4 aromatic carbocycles. The molecule has 2 heterocycles. The summed E-state index contributed by atoms with van der Waals surface area (Å²) in [6.45, 7) is 0. The topological polar surface area (TPSA) is 26.3 Å². The highest BCUT2D eigenvalue weighted by molar-refractivity contribution is 6.22. The quantitative estimate of drug-likeness (QED) is 0.219. The zero-order valence-corrected chi connectivity index (χ0v) is 15.9. The third kappa shape index (κ3) is 2.62. The first kappa shape index (κ1) is 19.0. The van der Waals surface area contributed by atoms with Crippen molar-refractivity contribution in [3.8, 4) is 0 Å². The zero-order valence-electron chi connectivity index (χ0n) is 15.9. The summed E-state index contributed by atoms with van der Waals surface area (Å²) in [5.74, 6) is 0. The molecule has 0 aliphatic heterocycles. The second-order valence-corrected chi connectivity index (χ2v) is 7.60. The molecule has 8 heteroatoms. The molecule has 0 unspecified atom stereocenters. The van der Waals surface area contributed by atoms with Gasteiger partial charge in [-0.1, -0.05) is 0 Å². The maximum atomic E-state index is 13.1. The second-order valence-electron chi connectivity index (χ2n) is 7.60. The fourth-order valence-corrected chi connectivity index (χ4v) is 4.23. The first-order valence-corrected chi connectivity index (χ1v) is 9.50. The van der Waals surface area contributed by atoms with E-state index < -0.39 is 23.5 Å². The summed E-state index contributed by atoms with van der Waals surface area (Å²) >= 11 is 0. The fraction of sp³-hybridized carbons (Fsp3) is 0.0833. The summed E-state index contributed by atoms with van der Waals surface area (Å²) in [6.07, 6.45) is -8.99. The third-order valence-electron chi connectivity index (χ3n) is 5.72. The van der Waals surface area contributed by atoms with Gasteiger partial charge in [-0.3, -0.25) is 0 Å². The lowest BCUT2D eigenvalue weighted by Crippen LogP contribution is -2.03. The van der Waals surface area contributed by atoms with Crippen molar-refractivity contribution in [2.45, 2.75) is 12.4 Å². The minimum Gasteiger partial charge on any atom is -0.455 e. The Morgan fingerprint density at radius 3 is 1.09 bits per heavy atom. The monoisotopic (exact) mass is 444 g/mol. The van der Waals surface area contributed by atoms with Gasteiger partial charge in [-0.25, -0.2) is 0 Å². The van der Waals surface area contributed by atoms with E-state index in [9.17, 15) is 26.3 Å². The predicted molar refractivity (Wildman–Crippen MR) is 109 cm³/mol. The van der Waals surface area contributed by atoms with Crippen molar-refractivity contribution in [2.24, 2.45) is 0 Å². The van der Waals surface area contributed by atoms with Crippen molar-refractivity contribution in [3.63, 3.8) is 0 Å².